The van der Waals surface area contributed by atoms with E-state index in [9.17, 15) is 29.3 Å². The number of carbonyl (C=O) groups is 4. The number of para-hydroxylation sites is 2. The van der Waals surface area contributed by atoms with E-state index in [1.807, 2.05) is 0 Å². The van der Waals surface area contributed by atoms with E-state index in [2.05, 4.69) is 5.32 Å². The first-order chi connectivity index (χ1) is 14.3. The number of likely N-dealkylation sites (tertiary alicyclic amines) is 1. The number of esters is 1. The Morgan fingerprint density at radius 1 is 1.20 bits per heavy atom. The molecule has 0 aromatic heterocycles. The van der Waals surface area contributed by atoms with Gasteiger partial charge in [-0.3, -0.25) is 34.2 Å². The van der Waals surface area contributed by atoms with Crippen molar-refractivity contribution >= 4 is 35.1 Å². The van der Waals surface area contributed by atoms with Crippen LogP contribution in [0.1, 0.15) is 39.0 Å². The zero-order valence-electron chi connectivity index (χ0n) is 16.5. The molecule has 1 aromatic rings. The number of imide groups is 1. The largest absolute Gasteiger partial charge is 0.452 e. The number of carbonyl (C=O) groups excluding carboxylic acids is 4. The highest BCUT2D eigenvalue weighted by atomic mass is 16.6. The summed E-state index contributed by atoms with van der Waals surface area (Å²) >= 11 is 0. The fraction of sp³-hybridized carbons (Fsp3) is 0.500. The first-order valence-electron chi connectivity index (χ1n) is 9.88. The quantitative estimate of drug-likeness (QED) is 0.310. The van der Waals surface area contributed by atoms with Crippen LogP contribution in [0.25, 0.3) is 0 Å². The molecule has 3 atom stereocenters. The Morgan fingerprint density at radius 2 is 1.80 bits per heavy atom. The number of nitro groups is 1. The first kappa shape index (κ1) is 21.4. The summed E-state index contributed by atoms with van der Waals surface area (Å²) in [6.45, 7) is 1.25. The average Bonchev–Trinajstić information content (AvgIpc) is 2.97. The molecular formula is C20H23N3O7. The number of hydrogen-bond donors (Lipinski definition) is 1. The predicted molar refractivity (Wildman–Crippen MR) is 104 cm³/mol. The predicted octanol–water partition coefficient (Wildman–Crippen LogP) is 2.03. The molecule has 1 aliphatic heterocycles. The van der Waals surface area contributed by atoms with E-state index < -0.39 is 22.9 Å². The second-order valence-electron chi connectivity index (χ2n) is 7.47. The second kappa shape index (κ2) is 9.02. The van der Waals surface area contributed by atoms with Crippen LogP contribution < -0.4 is 5.32 Å². The Kier molecular flexibility index (Phi) is 6.43. The van der Waals surface area contributed by atoms with Crippen LogP contribution in [-0.4, -0.2) is 46.2 Å². The Morgan fingerprint density at radius 3 is 2.40 bits per heavy atom. The van der Waals surface area contributed by atoms with Crippen LogP contribution in [0.15, 0.2) is 24.3 Å². The molecule has 1 heterocycles. The van der Waals surface area contributed by atoms with Crippen LogP contribution in [0.4, 0.5) is 11.4 Å². The maximum atomic E-state index is 12.4. The third kappa shape index (κ3) is 4.47. The lowest BCUT2D eigenvalue weighted by atomic mass is 9.81. The molecule has 1 saturated heterocycles. The van der Waals surface area contributed by atoms with Crippen LogP contribution >= 0.6 is 0 Å². The summed E-state index contributed by atoms with van der Waals surface area (Å²) in [7, 11) is 0. The Balaban J connectivity index is 1.51. The van der Waals surface area contributed by atoms with Gasteiger partial charge in [-0.05, 0) is 25.8 Å². The van der Waals surface area contributed by atoms with Gasteiger partial charge in [-0.1, -0.05) is 25.0 Å². The van der Waals surface area contributed by atoms with E-state index in [1.54, 1.807) is 0 Å². The molecule has 30 heavy (non-hydrogen) atoms. The normalized spacial score (nSPS) is 21.7. The third-order valence-corrected chi connectivity index (χ3v) is 5.51. The van der Waals surface area contributed by atoms with Crippen molar-refractivity contribution in [2.75, 3.05) is 11.9 Å². The molecule has 10 heteroatoms. The fourth-order valence-corrected chi connectivity index (χ4v) is 3.94. The molecular weight excluding hydrogens is 394 g/mol. The molecule has 0 bridgehead atoms. The standard InChI is InChI=1S/C20H23N3O7/c1-12(18(25)21-15-8-4-5-9-16(15)23(28)29)30-17(24)10-11-22-19(26)13-6-2-3-7-14(13)20(22)27/h4-5,8-9,12-14H,2-3,6-7,10-11H2,1H3,(H,21,25)/t12-,13+,14+/m1/s1. The number of nitro benzene ring substituents is 1. The van der Waals surface area contributed by atoms with Gasteiger partial charge in [-0.2, -0.15) is 0 Å². The summed E-state index contributed by atoms with van der Waals surface area (Å²) in [6, 6.07) is 5.61. The Labute approximate surface area is 172 Å². The number of rotatable bonds is 7. The van der Waals surface area contributed by atoms with Crippen molar-refractivity contribution in [2.45, 2.75) is 45.1 Å². The summed E-state index contributed by atoms with van der Waals surface area (Å²) in [6.07, 6.45) is 1.80. The zero-order chi connectivity index (χ0) is 21.8. The molecule has 160 valence electrons. The lowest BCUT2D eigenvalue weighted by Crippen LogP contribution is -2.35. The third-order valence-electron chi connectivity index (χ3n) is 5.51. The van der Waals surface area contributed by atoms with E-state index in [0.717, 1.165) is 17.7 Å². The molecule has 1 N–H and O–H groups in total. The minimum atomic E-state index is -1.20. The molecule has 3 rings (SSSR count). The second-order valence-corrected chi connectivity index (χ2v) is 7.47. The van der Waals surface area contributed by atoms with Crippen LogP contribution in [0.2, 0.25) is 0 Å². The van der Waals surface area contributed by atoms with Crippen molar-refractivity contribution in [1.82, 2.24) is 4.90 Å². The van der Waals surface area contributed by atoms with Crippen molar-refractivity contribution in [1.29, 1.82) is 0 Å². The molecule has 0 spiro atoms. The van der Waals surface area contributed by atoms with E-state index in [0.29, 0.717) is 12.8 Å². The van der Waals surface area contributed by atoms with Gasteiger partial charge in [0.1, 0.15) is 5.69 Å². The summed E-state index contributed by atoms with van der Waals surface area (Å²) in [4.78, 5) is 60.7. The molecule has 1 saturated carbocycles. The number of nitrogens with one attached hydrogen (secondary N) is 1. The lowest BCUT2D eigenvalue weighted by molar-refractivity contribution is -0.383. The minimum Gasteiger partial charge on any atom is -0.452 e. The molecule has 2 aliphatic rings. The average molecular weight is 417 g/mol. The Bertz CT molecular complexity index is 861. The zero-order valence-corrected chi connectivity index (χ0v) is 16.5. The molecule has 1 aromatic carbocycles. The fourth-order valence-electron chi connectivity index (χ4n) is 3.94. The van der Waals surface area contributed by atoms with E-state index in [4.69, 9.17) is 4.74 Å². The van der Waals surface area contributed by atoms with Crippen molar-refractivity contribution < 1.29 is 28.8 Å². The number of benzene rings is 1. The van der Waals surface area contributed by atoms with Crippen molar-refractivity contribution in [3.05, 3.63) is 34.4 Å². The summed E-state index contributed by atoms with van der Waals surface area (Å²) in [5.41, 5.74) is -0.289. The van der Waals surface area contributed by atoms with Crippen LogP contribution in [0.3, 0.4) is 0 Å². The highest BCUT2D eigenvalue weighted by molar-refractivity contribution is 6.05. The number of nitrogens with zero attached hydrogens (tertiary/aromatic N) is 2. The smallest absolute Gasteiger partial charge is 0.308 e. The van der Waals surface area contributed by atoms with Gasteiger partial charge in [0, 0.05) is 12.6 Å². The van der Waals surface area contributed by atoms with Crippen molar-refractivity contribution in [3.8, 4) is 0 Å². The van der Waals surface area contributed by atoms with E-state index >= 15 is 0 Å². The molecule has 1 aliphatic carbocycles. The molecule has 0 radical (unpaired) electrons. The molecule has 0 unspecified atom stereocenters. The van der Waals surface area contributed by atoms with Gasteiger partial charge < -0.3 is 10.1 Å². The highest BCUT2D eigenvalue weighted by Gasteiger charge is 2.47. The topological polar surface area (TPSA) is 136 Å². The monoisotopic (exact) mass is 417 g/mol. The summed E-state index contributed by atoms with van der Waals surface area (Å²) in [5, 5.41) is 13.4. The Hall–Kier alpha value is -3.30. The van der Waals surface area contributed by atoms with E-state index in [1.165, 1.54) is 31.2 Å². The summed E-state index contributed by atoms with van der Waals surface area (Å²) < 4.78 is 5.06. The van der Waals surface area contributed by atoms with Crippen LogP contribution in [-0.2, 0) is 23.9 Å². The van der Waals surface area contributed by atoms with Crippen molar-refractivity contribution in [2.24, 2.45) is 11.8 Å². The maximum absolute atomic E-state index is 12.4. The minimum absolute atomic E-state index is 0.00809. The number of ether oxygens (including phenoxy) is 1. The number of anilines is 1. The van der Waals surface area contributed by atoms with Gasteiger partial charge in [0.2, 0.25) is 11.8 Å². The summed E-state index contributed by atoms with van der Waals surface area (Å²) in [5.74, 6) is -2.51. The lowest BCUT2D eigenvalue weighted by Gasteiger charge is -2.19. The van der Waals surface area contributed by atoms with Gasteiger partial charge in [0.25, 0.3) is 11.6 Å². The van der Waals surface area contributed by atoms with Gasteiger partial charge in [0.15, 0.2) is 6.10 Å². The first-order valence-corrected chi connectivity index (χ1v) is 9.88. The van der Waals surface area contributed by atoms with Gasteiger partial charge in [0.05, 0.1) is 23.2 Å². The van der Waals surface area contributed by atoms with Gasteiger partial charge in [-0.15, -0.1) is 0 Å². The van der Waals surface area contributed by atoms with Crippen LogP contribution in [0.5, 0.6) is 0 Å². The van der Waals surface area contributed by atoms with Gasteiger partial charge >= 0.3 is 5.97 Å². The van der Waals surface area contributed by atoms with Crippen LogP contribution in [0, 0.1) is 22.0 Å². The van der Waals surface area contributed by atoms with E-state index in [-0.39, 0.29) is 48.0 Å². The molecule has 10 nitrogen and oxygen atoms in total. The molecule has 2 fully saturated rings. The highest BCUT2D eigenvalue weighted by Crippen LogP contribution is 2.38. The van der Waals surface area contributed by atoms with Gasteiger partial charge in [-0.25, -0.2) is 0 Å². The SMILES string of the molecule is C[C@@H](OC(=O)CCN1C(=O)[C@H]2CCCC[C@@H]2C1=O)C(=O)Nc1ccccc1[N+](=O)[O-]. The maximum Gasteiger partial charge on any atom is 0.308 e. The molecule has 3 amide bonds. The van der Waals surface area contributed by atoms with Crippen molar-refractivity contribution in [3.63, 3.8) is 0 Å². The number of hydrogen-bond acceptors (Lipinski definition) is 7. The number of amides is 3. The number of fused-ring (bicyclic) bond motifs is 1.